The van der Waals surface area contributed by atoms with E-state index < -0.39 is 30.0 Å². The second-order valence-corrected chi connectivity index (χ2v) is 4.89. The first kappa shape index (κ1) is 14.8. The Labute approximate surface area is 121 Å². The van der Waals surface area contributed by atoms with Crippen molar-refractivity contribution in [3.05, 3.63) is 35.9 Å². The zero-order valence-electron chi connectivity index (χ0n) is 11.4. The standard InChI is InChI=1S/C14H17N3O4/c15-12(18)10-7-4-8-17(10)14(21)16-11(13(19)20)9-5-2-1-3-6-9/h1-3,5-6,10-11H,4,7-8H2,(H2,15,18)(H,16,21)(H,19,20)/t10?,11-/m0/s1. The van der Waals surface area contributed by atoms with E-state index in [9.17, 15) is 19.5 Å². The molecule has 7 heteroatoms. The van der Waals surface area contributed by atoms with Crippen molar-refractivity contribution in [2.24, 2.45) is 5.73 Å². The minimum absolute atomic E-state index is 0.389. The number of benzene rings is 1. The van der Waals surface area contributed by atoms with E-state index in [2.05, 4.69) is 5.32 Å². The van der Waals surface area contributed by atoms with Gasteiger partial charge in [0.1, 0.15) is 6.04 Å². The Morgan fingerprint density at radius 2 is 1.95 bits per heavy atom. The molecule has 7 nitrogen and oxygen atoms in total. The molecule has 0 aromatic heterocycles. The summed E-state index contributed by atoms with van der Waals surface area (Å²) >= 11 is 0. The molecular weight excluding hydrogens is 274 g/mol. The Bertz CT molecular complexity index is 546. The minimum atomic E-state index is -1.16. The van der Waals surface area contributed by atoms with Crippen LogP contribution in [0.15, 0.2) is 30.3 Å². The average Bonchev–Trinajstić information content (AvgIpc) is 2.94. The van der Waals surface area contributed by atoms with Gasteiger partial charge in [0.2, 0.25) is 5.91 Å². The number of likely N-dealkylation sites (tertiary alicyclic amines) is 1. The van der Waals surface area contributed by atoms with E-state index in [4.69, 9.17) is 5.73 Å². The van der Waals surface area contributed by atoms with Crippen molar-refractivity contribution >= 4 is 17.9 Å². The Hall–Kier alpha value is -2.57. The first-order chi connectivity index (χ1) is 10.0. The number of rotatable bonds is 4. The second kappa shape index (κ2) is 6.25. The maximum Gasteiger partial charge on any atom is 0.330 e. The lowest BCUT2D eigenvalue weighted by atomic mass is 10.1. The molecule has 2 rings (SSSR count). The molecule has 1 heterocycles. The van der Waals surface area contributed by atoms with Crippen LogP contribution in [-0.2, 0) is 9.59 Å². The van der Waals surface area contributed by atoms with Crippen molar-refractivity contribution in [3.8, 4) is 0 Å². The molecule has 0 bridgehead atoms. The van der Waals surface area contributed by atoms with E-state index in [0.29, 0.717) is 24.9 Å². The van der Waals surface area contributed by atoms with Crippen LogP contribution in [0.25, 0.3) is 0 Å². The summed E-state index contributed by atoms with van der Waals surface area (Å²) in [5.41, 5.74) is 5.72. The molecule has 2 atom stereocenters. The van der Waals surface area contributed by atoms with Crippen molar-refractivity contribution in [2.75, 3.05) is 6.54 Å². The normalized spacial score (nSPS) is 19.0. The molecule has 1 aliphatic heterocycles. The van der Waals surface area contributed by atoms with E-state index in [0.717, 1.165) is 0 Å². The number of nitrogens with two attached hydrogens (primary N) is 1. The van der Waals surface area contributed by atoms with Gasteiger partial charge >= 0.3 is 12.0 Å². The lowest BCUT2D eigenvalue weighted by Gasteiger charge is -2.25. The smallest absolute Gasteiger partial charge is 0.330 e. The van der Waals surface area contributed by atoms with Gasteiger partial charge in [0.15, 0.2) is 6.04 Å². The number of hydrogen-bond acceptors (Lipinski definition) is 3. The van der Waals surface area contributed by atoms with Crippen LogP contribution in [0.1, 0.15) is 24.4 Å². The highest BCUT2D eigenvalue weighted by Crippen LogP contribution is 2.19. The Morgan fingerprint density at radius 1 is 1.29 bits per heavy atom. The number of amides is 3. The maximum atomic E-state index is 12.2. The van der Waals surface area contributed by atoms with Crippen LogP contribution in [0.3, 0.4) is 0 Å². The van der Waals surface area contributed by atoms with Gasteiger partial charge < -0.3 is 21.1 Å². The third-order valence-corrected chi connectivity index (χ3v) is 3.49. The number of nitrogens with zero attached hydrogens (tertiary/aromatic N) is 1. The van der Waals surface area contributed by atoms with Gasteiger partial charge in [-0.1, -0.05) is 30.3 Å². The molecule has 1 unspecified atom stereocenters. The number of primary amides is 1. The van der Waals surface area contributed by atoms with Gasteiger partial charge in [0, 0.05) is 6.54 Å². The SMILES string of the molecule is NC(=O)C1CCCN1C(=O)N[C@H](C(=O)O)c1ccccc1. The fourth-order valence-electron chi connectivity index (χ4n) is 2.45. The molecule has 4 N–H and O–H groups in total. The van der Waals surface area contributed by atoms with Gasteiger partial charge in [0.25, 0.3) is 0 Å². The second-order valence-electron chi connectivity index (χ2n) is 4.89. The Balaban J connectivity index is 2.12. The van der Waals surface area contributed by atoms with Gasteiger partial charge in [-0.3, -0.25) is 4.79 Å². The monoisotopic (exact) mass is 291 g/mol. The summed E-state index contributed by atoms with van der Waals surface area (Å²) < 4.78 is 0. The number of carbonyl (C=O) groups excluding carboxylic acids is 2. The predicted octanol–water partition coefficient (Wildman–Crippen LogP) is 0.472. The van der Waals surface area contributed by atoms with Crippen LogP contribution in [-0.4, -0.2) is 40.5 Å². The number of hydrogen-bond donors (Lipinski definition) is 3. The predicted molar refractivity (Wildman–Crippen MR) is 74.3 cm³/mol. The molecule has 1 aromatic carbocycles. The van der Waals surface area contributed by atoms with Crippen LogP contribution in [0.2, 0.25) is 0 Å². The molecule has 1 aliphatic rings. The van der Waals surface area contributed by atoms with E-state index in [1.807, 2.05) is 0 Å². The first-order valence-corrected chi connectivity index (χ1v) is 6.65. The van der Waals surface area contributed by atoms with Gasteiger partial charge in [-0.25, -0.2) is 9.59 Å². The fraction of sp³-hybridized carbons (Fsp3) is 0.357. The number of aliphatic carboxylic acids is 1. The van der Waals surface area contributed by atoms with E-state index in [-0.39, 0.29) is 0 Å². The number of nitrogens with one attached hydrogen (secondary N) is 1. The Morgan fingerprint density at radius 3 is 2.52 bits per heavy atom. The lowest BCUT2D eigenvalue weighted by molar-refractivity contribution is -0.139. The van der Waals surface area contributed by atoms with Gasteiger partial charge in [-0.15, -0.1) is 0 Å². The first-order valence-electron chi connectivity index (χ1n) is 6.65. The molecule has 1 aromatic rings. The third-order valence-electron chi connectivity index (χ3n) is 3.49. The minimum Gasteiger partial charge on any atom is -0.479 e. The zero-order valence-corrected chi connectivity index (χ0v) is 11.4. The molecule has 1 saturated heterocycles. The number of urea groups is 1. The molecule has 0 aliphatic carbocycles. The largest absolute Gasteiger partial charge is 0.479 e. The van der Waals surface area contributed by atoms with Crippen molar-refractivity contribution in [1.29, 1.82) is 0 Å². The van der Waals surface area contributed by atoms with Crippen LogP contribution in [0.4, 0.5) is 4.79 Å². The molecule has 0 radical (unpaired) electrons. The third kappa shape index (κ3) is 3.31. The molecule has 1 fully saturated rings. The highest BCUT2D eigenvalue weighted by Gasteiger charge is 2.34. The molecule has 3 amide bonds. The highest BCUT2D eigenvalue weighted by molar-refractivity contribution is 5.88. The molecule has 112 valence electrons. The topological polar surface area (TPSA) is 113 Å². The summed E-state index contributed by atoms with van der Waals surface area (Å²) in [6.45, 7) is 0.389. The fourth-order valence-corrected chi connectivity index (χ4v) is 2.45. The molecule has 0 spiro atoms. The van der Waals surface area contributed by atoms with Gasteiger partial charge in [-0.05, 0) is 18.4 Å². The number of carbonyl (C=O) groups is 3. The average molecular weight is 291 g/mol. The van der Waals surface area contributed by atoms with Crippen LogP contribution >= 0.6 is 0 Å². The van der Waals surface area contributed by atoms with E-state index in [1.165, 1.54) is 4.90 Å². The van der Waals surface area contributed by atoms with E-state index >= 15 is 0 Å². The number of carboxylic acid groups (broad SMARTS) is 1. The lowest BCUT2D eigenvalue weighted by Crippen LogP contribution is -2.49. The van der Waals surface area contributed by atoms with Crippen LogP contribution < -0.4 is 11.1 Å². The van der Waals surface area contributed by atoms with E-state index in [1.54, 1.807) is 30.3 Å². The number of carboxylic acids is 1. The van der Waals surface area contributed by atoms with Crippen molar-refractivity contribution < 1.29 is 19.5 Å². The van der Waals surface area contributed by atoms with Gasteiger partial charge in [-0.2, -0.15) is 0 Å². The van der Waals surface area contributed by atoms with Crippen molar-refractivity contribution in [3.63, 3.8) is 0 Å². The summed E-state index contributed by atoms with van der Waals surface area (Å²) in [5, 5.41) is 11.7. The summed E-state index contributed by atoms with van der Waals surface area (Å²) in [6.07, 6.45) is 1.18. The molecule has 21 heavy (non-hydrogen) atoms. The molecule has 0 saturated carbocycles. The zero-order chi connectivity index (χ0) is 15.4. The maximum absolute atomic E-state index is 12.2. The van der Waals surface area contributed by atoms with Crippen molar-refractivity contribution in [1.82, 2.24) is 10.2 Å². The highest BCUT2D eigenvalue weighted by atomic mass is 16.4. The Kier molecular flexibility index (Phi) is 4.42. The van der Waals surface area contributed by atoms with Crippen molar-refractivity contribution in [2.45, 2.75) is 24.9 Å². The quantitative estimate of drug-likeness (QED) is 0.748. The summed E-state index contributed by atoms with van der Waals surface area (Å²) in [5.74, 6) is -1.74. The van der Waals surface area contributed by atoms with Crippen LogP contribution in [0, 0.1) is 0 Å². The van der Waals surface area contributed by atoms with Crippen LogP contribution in [0.5, 0.6) is 0 Å². The summed E-state index contributed by atoms with van der Waals surface area (Å²) in [6, 6.07) is 5.96. The van der Waals surface area contributed by atoms with Gasteiger partial charge in [0.05, 0.1) is 0 Å². The summed E-state index contributed by atoms with van der Waals surface area (Å²) in [4.78, 5) is 36.1. The molecular formula is C14H17N3O4. The summed E-state index contributed by atoms with van der Waals surface area (Å²) in [7, 11) is 0.